The molecule has 4 heteroatoms. The van der Waals surface area contributed by atoms with Crippen molar-refractivity contribution >= 4 is 0 Å². The van der Waals surface area contributed by atoms with Gasteiger partial charge in [0.2, 0.25) is 0 Å². The highest BCUT2D eigenvalue weighted by molar-refractivity contribution is 5.29. The minimum absolute atomic E-state index is 0.293. The second-order valence-corrected chi connectivity index (χ2v) is 13.5. The minimum atomic E-state index is -1.04. The van der Waals surface area contributed by atoms with E-state index in [0.29, 0.717) is 42.4 Å². The first-order chi connectivity index (χ1) is 16.3. The van der Waals surface area contributed by atoms with E-state index in [2.05, 4.69) is 39.8 Å². The monoisotopic (exact) mass is 490 g/mol. The quantitative estimate of drug-likeness (QED) is 0.305. The summed E-state index contributed by atoms with van der Waals surface area (Å²) < 4.78 is 0. The van der Waals surface area contributed by atoms with E-state index in [1.165, 1.54) is 50.5 Å². The van der Waals surface area contributed by atoms with E-state index < -0.39 is 23.9 Å². The summed E-state index contributed by atoms with van der Waals surface area (Å²) in [7, 11) is 0. The van der Waals surface area contributed by atoms with Crippen LogP contribution in [0, 0.1) is 28.6 Å². The van der Waals surface area contributed by atoms with E-state index in [1.54, 1.807) is 19.4 Å². The molecule has 3 aliphatic carbocycles. The van der Waals surface area contributed by atoms with E-state index in [0.717, 1.165) is 12.8 Å². The van der Waals surface area contributed by atoms with Crippen LogP contribution >= 0.6 is 0 Å². The Balaban J connectivity index is 1.80. The van der Waals surface area contributed by atoms with Crippen molar-refractivity contribution in [2.24, 2.45) is 28.6 Å². The van der Waals surface area contributed by atoms with Crippen molar-refractivity contribution in [3.8, 4) is 0 Å². The van der Waals surface area contributed by atoms with Crippen LogP contribution in [0.3, 0.4) is 0 Å². The van der Waals surface area contributed by atoms with Crippen LogP contribution in [0.5, 0.6) is 0 Å². The maximum atomic E-state index is 10.6. The van der Waals surface area contributed by atoms with E-state index in [4.69, 9.17) is 0 Å². The lowest BCUT2D eigenvalue weighted by atomic mass is 9.60. The number of unbranched alkanes of at least 4 members (excludes halogenated alkanes) is 1. The molecule has 0 amide bonds. The van der Waals surface area contributed by atoms with Gasteiger partial charge in [-0.1, -0.05) is 70.3 Å². The van der Waals surface area contributed by atoms with Crippen molar-refractivity contribution in [3.05, 3.63) is 23.3 Å². The lowest BCUT2D eigenvalue weighted by Gasteiger charge is -2.45. The zero-order valence-corrected chi connectivity index (χ0v) is 23.4. The number of aliphatic hydroxyl groups is 4. The van der Waals surface area contributed by atoms with Crippen LogP contribution in [0.25, 0.3) is 0 Å². The van der Waals surface area contributed by atoms with Gasteiger partial charge in [0.25, 0.3) is 0 Å². The molecule has 0 heterocycles. The molecular formula is C31H54O4. The Morgan fingerprint density at radius 3 is 2.43 bits per heavy atom. The van der Waals surface area contributed by atoms with Crippen LogP contribution in [0.2, 0.25) is 0 Å². The van der Waals surface area contributed by atoms with Gasteiger partial charge in [-0.05, 0) is 88.4 Å². The molecule has 202 valence electrons. The predicted octanol–water partition coefficient (Wildman–Crippen LogP) is 6.32. The molecule has 3 aliphatic rings. The van der Waals surface area contributed by atoms with Gasteiger partial charge in [-0.3, -0.25) is 0 Å². The molecule has 0 aromatic carbocycles. The molecule has 3 saturated carbocycles. The molecular weight excluding hydrogens is 436 g/mol. The maximum absolute atomic E-state index is 10.6. The summed E-state index contributed by atoms with van der Waals surface area (Å²) in [5, 5.41) is 41.6. The Labute approximate surface area is 214 Å². The Morgan fingerprint density at radius 2 is 1.77 bits per heavy atom. The Morgan fingerprint density at radius 1 is 1.06 bits per heavy atom. The Bertz CT molecular complexity index is 760. The second-order valence-electron chi connectivity index (χ2n) is 13.5. The van der Waals surface area contributed by atoms with Gasteiger partial charge in [-0.2, -0.15) is 0 Å². The summed E-state index contributed by atoms with van der Waals surface area (Å²) in [5.74, 6) is 1.87. The van der Waals surface area contributed by atoms with Crippen LogP contribution < -0.4 is 0 Å². The molecule has 0 aromatic heterocycles. The van der Waals surface area contributed by atoms with E-state index in [9.17, 15) is 20.4 Å². The highest BCUT2D eigenvalue weighted by atomic mass is 16.3. The Kier molecular flexibility index (Phi) is 9.39. The number of allylic oxidation sites excluding steroid dienone is 3. The third kappa shape index (κ3) is 6.43. The van der Waals surface area contributed by atoms with Crippen LogP contribution in [0.1, 0.15) is 119 Å². The molecule has 0 spiro atoms. The summed E-state index contributed by atoms with van der Waals surface area (Å²) in [6, 6.07) is 0. The summed E-state index contributed by atoms with van der Waals surface area (Å²) >= 11 is 0. The predicted molar refractivity (Wildman–Crippen MR) is 144 cm³/mol. The van der Waals surface area contributed by atoms with Gasteiger partial charge < -0.3 is 20.4 Å². The van der Waals surface area contributed by atoms with Crippen LogP contribution in [0.15, 0.2) is 23.3 Å². The van der Waals surface area contributed by atoms with Crippen molar-refractivity contribution in [1.29, 1.82) is 0 Å². The van der Waals surface area contributed by atoms with Crippen LogP contribution in [0.4, 0.5) is 0 Å². The zero-order chi connectivity index (χ0) is 26.0. The first-order valence-corrected chi connectivity index (χ1v) is 14.5. The number of rotatable bonds is 9. The molecule has 0 unspecified atom stereocenters. The van der Waals surface area contributed by atoms with Gasteiger partial charge >= 0.3 is 0 Å². The number of aliphatic hydroxyl groups excluding tert-OH is 3. The molecule has 0 bridgehead atoms. The fourth-order valence-corrected chi connectivity index (χ4v) is 7.65. The fraction of sp³-hybridized carbons (Fsp3) is 0.871. The molecule has 4 N–H and O–H groups in total. The van der Waals surface area contributed by atoms with Gasteiger partial charge in [0.05, 0.1) is 23.9 Å². The van der Waals surface area contributed by atoms with Crippen molar-refractivity contribution < 1.29 is 20.4 Å². The van der Waals surface area contributed by atoms with Crippen molar-refractivity contribution in [2.45, 2.75) is 143 Å². The number of fused-ring (bicyclic) bond motifs is 1. The van der Waals surface area contributed by atoms with Crippen LogP contribution in [-0.4, -0.2) is 44.3 Å². The van der Waals surface area contributed by atoms with E-state index in [1.807, 2.05) is 0 Å². The average Bonchev–Trinajstić information content (AvgIpc) is 3.12. The van der Waals surface area contributed by atoms with E-state index >= 15 is 0 Å². The third-order valence-electron chi connectivity index (χ3n) is 10.3. The largest absolute Gasteiger partial charge is 0.393 e. The summed E-state index contributed by atoms with van der Waals surface area (Å²) in [6.07, 6.45) is 15.5. The van der Waals surface area contributed by atoms with Gasteiger partial charge in [0, 0.05) is 11.8 Å². The van der Waals surface area contributed by atoms with Gasteiger partial charge in [0.1, 0.15) is 0 Å². The molecule has 7 atom stereocenters. The van der Waals surface area contributed by atoms with Crippen molar-refractivity contribution in [1.82, 2.24) is 0 Å². The lowest BCUT2D eigenvalue weighted by molar-refractivity contribution is -0.0562. The molecule has 35 heavy (non-hydrogen) atoms. The summed E-state index contributed by atoms with van der Waals surface area (Å²) in [5.41, 5.74) is 1.69. The number of hydrogen-bond acceptors (Lipinski definition) is 4. The third-order valence-corrected chi connectivity index (χ3v) is 10.3. The Hall–Kier alpha value is -0.680. The first kappa shape index (κ1) is 28.9. The molecule has 3 fully saturated rings. The van der Waals surface area contributed by atoms with Gasteiger partial charge in [0.15, 0.2) is 0 Å². The summed E-state index contributed by atoms with van der Waals surface area (Å²) in [6.45, 7) is 12.4. The molecule has 0 aliphatic heterocycles. The summed E-state index contributed by atoms with van der Waals surface area (Å²) in [4.78, 5) is 0. The van der Waals surface area contributed by atoms with E-state index in [-0.39, 0.29) is 5.41 Å². The second kappa shape index (κ2) is 11.4. The average molecular weight is 491 g/mol. The molecule has 0 aromatic rings. The molecule has 0 saturated heterocycles. The highest BCUT2D eigenvalue weighted by Crippen LogP contribution is 2.60. The normalized spacial score (nSPS) is 37.4. The standard InChI is InChI=1S/C31H54O4/c1-7-8-10-21(13-17-27(33)30(4,5)35)25-15-16-26-22(11-9-18-31(25,26)6)12-14-23-19-24(32)20-28(34)29(23,2)3/h12,14,21,24-28,32-35H,7-11,13,15-20H2,1-6H3/b22-12+,23-14-/t21-,24-,25-,26+,27-,28+,31-/m1/s1. The molecule has 0 radical (unpaired) electrons. The minimum Gasteiger partial charge on any atom is -0.393 e. The van der Waals surface area contributed by atoms with Crippen molar-refractivity contribution in [3.63, 3.8) is 0 Å². The highest BCUT2D eigenvalue weighted by Gasteiger charge is 2.51. The molecule has 4 nitrogen and oxygen atoms in total. The van der Waals surface area contributed by atoms with Crippen molar-refractivity contribution in [2.75, 3.05) is 0 Å². The number of hydrogen-bond donors (Lipinski definition) is 4. The molecule has 3 rings (SSSR count). The fourth-order valence-electron chi connectivity index (χ4n) is 7.65. The van der Waals surface area contributed by atoms with Crippen LogP contribution in [-0.2, 0) is 0 Å². The maximum Gasteiger partial charge on any atom is 0.0849 e. The first-order valence-electron chi connectivity index (χ1n) is 14.5. The SMILES string of the molecule is CCCC[C@H](CC[C@@H](O)C(C)(C)O)[C@H]1CC[C@H]2/C(=C/C=C3/C[C@@H](O)C[C@H](O)C3(C)C)CCC[C@]12C. The lowest BCUT2D eigenvalue weighted by Crippen LogP contribution is -2.40. The van der Waals surface area contributed by atoms with Gasteiger partial charge in [-0.15, -0.1) is 0 Å². The van der Waals surface area contributed by atoms with Gasteiger partial charge in [-0.25, -0.2) is 0 Å². The zero-order valence-electron chi connectivity index (χ0n) is 23.4. The topological polar surface area (TPSA) is 80.9 Å². The smallest absolute Gasteiger partial charge is 0.0849 e.